The van der Waals surface area contributed by atoms with Crippen LogP contribution in [0.3, 0.4) is 0 Å². The summed E-state index contributed by atoms with van der Waals surface area (Å²) < 4.78 is 11.1. The molecular formula is C22H26N2O5. The Morgan fingerprint density at radius 2 is 1.93 bits per heavy atom. The summed E-state index contributed by atoms with van der Waals surface area (Å²) in [7, 11) is 5.27. The molecule has 1 amide bonds. The Morgan fingerprint density at radius 1 is 1.21 bits per heavy atom. The first-order valence-electron chi connectivity index (χ1n) is 9.39. The molecule has 3 rings (SSSR count). The van der Waals surface area contributed by atoms with Gasteiger partial charge in [-0.1, -0.05) is 11.6 Å². The predicted molar refractivity (Wildman–Crippen MR) is 109 cm³/mol. The summed E-state index contributed by atoms with van der Waals surface area (Å²) in [5.41, 5.74) is 1.26. The van der Waals surface area contributed by atoms with Gasteiger partial charge in [-0.25, -0.2) is 0 Å². The maximum atomic E-state index is 12.9. The molecule has 1 aromatic carbocycles. The number of hydrogen-bond donors (Lipinski definition) is 1. The molecule has 0 bridgehead atoms. The quantitative estimate of drug-likeness (QED) is 0.458. The number of carbonyl (C=O) groups is 2. The number of rotatable bonds is 6. The van der Waals surface area contributed by atoms with Crippen molar-refractivity contribution < 1.29 is 23.8 Å². The fourth-order valence-corrected chi connectivity index (χ4v) is 3.47. The summed E-state index contributed by atoms with van der Waals surface area (Å²) in [4.78, 5) is 29.1. The van der Waals surface area contributed by atoms with Crippen molar-refractivity contribution in [1.82, 2.24) is 9.80 Å². The van der Waals surface area contributed by atoms with Crippen molar-refractivity contribution in [1.29, 1.82) is 0 Å². The van der Waals surface area contributed by atoms with E-state index < -0.39 is 17.7 Å². The number of hydrogen-bond acceptors (Lipinski definition) is 6. The summed E-state index contributed by atoms with van der Waals surface area (Å²) in [6.07, 6.45) is 0. The predicted octanol–water partition coefficient (Wildman–Crippen LogP) is 2.89. The van der Waals surface area contributed by atoms with Gasteiger partial charge in [0.1, 0.15) is 29.1 Å². The first-order valence-corrected chi connectivity index (χ1v) is 9.39. The average Bonchev–Trinajstić information content (AvgIpc) is 3.21. The average molecular weight is 398 g/mol. The summed E-state index contributed by atoms with van der Waals surface area (Å²) in [6.45, 7) is 4.55. The molecule has 1 aliphatic rings. The summed E-state index contributed by atoms with van der Waals surface area (Å²) in [5.74, 6) is -0.139. The standard InChI is InChI=1S/C22H26N2O5/c1-13-6-8-16(28-5)15(12-13)20(25)18-19(17-9-7-14(2)29-17)24(11-10-23(3)4)22(27)21(18)26/h6-9,12,19,25H,10-11H2,1-5H3/b20-18+. The second-order valence-corrected chi connectivity index (χ2v) is 7.45. The van der Waals surface area contributed by atoms with E-state index in [1.807, 2.05) is 32.0 Å². The van der Waals surface area contributed by atoms with Crippen LogP contribution in [0.1, 0.15) is 28.7 Å². The molecule has 1 aliphatic heterocycles. The van der Waals surface area contributed by atoms with E-state index in [1.165, 1.54) is 12.0 Å². The van der Waals surface area contributed by atoms with Crippen LogP contribution in [-0.4, -0.2) is 60.9 Å². The smallest absolute Gasteiger partial charge is 0.295 e. The maximum absolute atomic E-state index is 12.9. The minimum absolute atomic E-state index is 0.00649. The number of furan rings is 1. The molecule has 0 saturated carbocycles. The highest BCUT2D eigenvalue weighted by Gasteiger charge is 2.47. The SMILES string of the molecule is COc1ccc(C)cc1/C(O)=C1\C(=O)C(=O)N(CCN(C)C)C1c1ccc(C)o1. The highest BCUT2D eigenvalue weighted by molar-refractivity contribution is 6.46. The molecule has 1 atom stereocenters. The number of Topliss-reactive ketones (excluding diaryl/α,β-unsaturated/α-hetero) is 1. The van der Waals surface area contributed by atoms with Crippen LogP contribution in [0.4, 0.5) is 0 Å². The van der Waals surface area contributed by atoms with E-state index in [1.54, 1.807) is 31.2 Å². The third kappa shape index (κ3) is 3.91. The fraction of sp³-hybridized carbons (Fsp3) is 0.364. The number of nitrogens with zero attached hydrogens (tertiary/aromatic N) is 2. The number of aryl methyl sites for hydroxylation is 2. The molecule has 0 spiro atoms. The lowest BCUT2D eigenvalue weighted by atomic mass is 9.98. The van der Waals surface area contributed by atoms with Crippen LogP contribution in [0.2, 0.25) is 0 Å². The van der Waals surface area contributed by atoms with Gasteiger partial charge in [-0.05, 0) is 52.2 Å². The van der Waals surface area contributed by atoms with Gasteiger partial charge in [-0.3, -0.25) is 9.59 Å². The number of ether oxygens (including phenoxy) is 1. The second kappa shape index (κ2) is 8.13. The Bertz CT molecular complexity index is 973. The maximum Gasteiger partial charge on any atom is 0.295 e. The zero-order valence-electron chi connectivity index (χ0n) is 17.4. The molecule has 29 heavy (non-hydrogen) atoms. The number of likely N-dealkylation sites (N-methyl/N-ethyl adjacent to an activating group) is 1. The number of aliphatic hydroxyl groups is 1. The third-order valence-corrected chi connectivity index (χ3v) is 4.97. The Hall–Kier alpha value is -3.06. The topological polar surface area (TPSA) is 83.2 Å². The number of aliphatic hydroxyl groups excluding tert-OH is 1. The first kappa shape index (κ1) is 20.7. The Kier molecular flexibility index (Phi) is 5.79. The van der Waals surface area contributed by atoms with E-state index >= 15 is 0 Å². The van der Waals surface area contributed by atoms with Crippen molar-refractivity contribution >= 4 is 17.4 Å². The largest absolute Gasteiger partial charge is 0.507 e. The van der Waals surface area contributed by atoms with Gasteiger partial charge in [0.25, 0.3) is 11.7 Å². The molecule has 1 saturated heterocycles. The monoisotopic (exact) mass is 398 g/mol. The molecule has 0 radical (unpaired) electrons. The van der Waals surface area contributed by atoms with Crippen LogP contribution >= 0.6 is 0 Å². The van der Waals surface area contributed by atoms with Gasteiger partial charge < -0.3 is 24.1 Å². The molecule has 2 aromatic rings. The lowest BCUT2D eigenvalue weighted by Crippen LogP contribution is -2.35. The summed E-state index contributed by atoms with van der Waals surface area (Å²) in [5, 5.41) is 11.1. The van der Waals surface area contributed by atoms with Crippen molar-refractivity contribution in [2.45, 2.75) is 19.9 Å². The van der Waals surface area contributed by atoms with Crippen LogP contribution in [0.5, 0.6) is 5.75 Å². The normalized spacial score (nSPS) is 18.7. The minimum atomic E-state index is -0.797. The van der Waals surface area contributed by atoms with E-state index in [2.05, 4.69) is 0 Å². The van der Waals surface area contributed by atoms with Gasteiger partial charge in [0.15, 0.2) is 0 Å². The molecule has 7 nitrogen and oxygen atoms in total. The van der Waals surface area contributed by atoms with E-state index in [4.69, 9.17) is 9.15 Å². The Morgan fingerprint density at radius 3 is 2.52 bits per heavy atom. The molecule has 1 unspecified atom stereocenters. The minimum Gasteiger partial charge on any atom is -0.507 e. The lowest BCUT2D eigenvalue weighted by molar-refractivity contribution is -0.140. The van der Waals surface area contributed by atoms with E-state index in [9.17, 15) is 14.7 Å². The van der Waals surface area contributed by atoms with Crippen molar-refractivity contribution in [2.75, 3.05) is 34.3 Å². The van der Waals surface area contributed by atoms with E-state index in [-0.39, 0.29) is 11.3 Å². The Labute approximate surface area is 170 Å². The number of benzene rings is 1. The van der Waals surface area contributed by atoms with E-state index in [0.717, 1.165) is 5.56 Å². The summed E-state index contributed by atoms with van der Waals surface area (Å²) >= 11 is 0. The fourth-order valence-electron chi connectivity index (χ4n) is 3.47. The molecule has 1 aromatic heterocycles. The molecule has 1 N–H and O–H groups in total. The molecular weight excluding hydrogens is 372 g/mol. The van der Waals surface area contributed by atoms with Gasteiger partial charge in [-0.15, -0.1) is 0 Å². The van der Waals surface area contributed by atoms with Gasteiger partial charge in [0, 0.05) is 13.1 Å². The molecule has 0 aliphatic carbocycles. The second-order valence-electron chi connectivity index (χ2n) is 7.45. The van der Waals surface area contributed by atoms with E-state index in [0.29, 0.717) is 35.9 Å². The van der Waals surface area contributed by atoms with Crippen LogP contribution in [-0.2, 0) is 9.59 Å². The van der Waals surface area contributed by atoms with Crippen LogP contribution in [0.25, 0.3) is 5.76 Å². The molecule has 7 heteroatoms. The number of likely N-dealkylation sites (tertiary alicyclic amines) is 1. The van der Waals surface area contributed by atoms with Crippen LogP contribution in [0, 0.1) is 13.8 Å². The number of methoxy groups -OCH3 is 1. The summed E-state index contributed by atoms with van der Waals surface area (Å²) in [6, 6.07) is 8.00. The third-order valence-electron chi connectivity index (χ3n) is 4.97. The van der Waals surface area contributed by atoms with Crippen molar-refractivity contribution in [3.8, 4) is 5.75 Å². The Balaban J connectivity index is 2.19. The van der Waals surface area contributed by atoms with Gasteiger partial charge in [-0.2, -0.15) is 0 Å². The van der Waals surface area contributed by atoms with Gasteiger partial charge in [0.2, 0.25) is 0 Å². The van der Waals surface area contributed by atoms with Crippen LogP contribution < -0.4 is 4.74 Å². The van der Waals surface area contributed by atoms with Crippen molar-refractivity contribution in [2.24, 2.45) is 0 Å². The molecule has 2 heterocycles. The molecule has 1 fully saturated rings. The van der Waals surface area contributed by atoms with Crippen molar-refractivity contribution in [3.05, 3.63) is 58.6 Å². The number of carbonyl (C=O) groups excluding carboxylic acids is 2. The zero-order chi connectivity index (χ0) is 21.3. The number of ketones is 1. The van der Waals surface area contributed by atoms with Gasteiger partial charge >= 0.3 is 0 Å². The zero-order valence-corrected chi connectivity index (χ0v) is 17.4. The highest BCUT2D eigenvalue weighted by Crippen LogP contribution is 2.41. The van der Waals surface area contributed by atoms with Gasteiger partial charge in [0.05, 0.1) is 18.2 Å². The van der Waals surface area contributed by atoms with Crippen LogP contribution in [0.15, 0.2) is 40.3 Å². The van der Waals surface area contributed by atoms with Crippen molar-refractivity contribution in [3.63, 3.8) is 0 Å². The lowest BCUT2D eigenvalue weighted by Gasteiger charge is -2.24. The number of amides is 1. The molecule has 154 valence electrons. The highest BCUT2D eigenvalue weighted by atomic mass is 16.5. The first-order chi connectivity index (χ1) is 13.7.